The molecule has 0 aliphatic carbocycles. The second-order valence-corrected chi connectivity index (χ2v) is 8.27. The van der Waals surface area contributed by atoms with Gasteiger partial charge in [-0.05, 0) is 56.0 Å². The Balaban J connectivity index is 1.49. The summed E-state index contributed by atoms with van der Waals surface area (Å²) in [7, 11) is 0. The molecule has 2 aromatic rings. The van der Waals surface area contributed by atoms with E-state index in [0.29, 0.717) is 17.5 Å². The molecule has 0 saturated carbocycles. The van der Waals surface area contributed by atoms with Crippen LogP contribution in [0.25, 0.3) is 0 Å². The van der Waals surface area contributed by atoms with Crippen molar-refractivity contribution in [2.45, 2.75) is 50.7 Å². The van der Waals surface area contributed by atoms with Crippen LogP contribution < -0.4 is 0 Å². The number of H-pyrrole nitrogens is 1. The molecule has 0 spiro atoms. The van der Waals surface area contributed by atoms with Gasteiger partial charge in [-0.1, -0.05) is 19.1 Å². The fourth-order valence-corrected chi connectivity index (χ4v) is 5.69. The van der Waals surface area contributed by atoms with Crippen LogP contribution in [0.1, 0.15) is 42.6 Å². The summed E-state index contributed by atoms with van der Waals surface area (Å²) >= 11 is 0. The minimum atomic E-state index is -0.736. The number of aromatic amines is 1. The Bertz CT molecular complexity index is 827. The molecule has 6 rings (SSSR count). The molecular formula is C21H26F2N4. The molecule has 1 aromatic heterocycles. The lowest BCUT2D eigenvalue weighted by Crippen LogP contribution is -2.60. The summed E-state index contributed by atoms with van der Waals surface area (Å²) in [6.45, 7) is 5.82. The zero-order valence-electron chi connectivity index (χ0n) is 15.7. The summed E-state index contributed by atoms with van der Waals surface area (Å²) in [6.07, 6.45) is 3.33. The average Bonchev–Trinajstić information content (AvgIpc) is 3.31. The number of aromatic nitrogens is 2. The first kappa shape index (κ1) is 17.3. The number of piperidine rings is 3. The molecule has 4 nitrogen and oxygen atoms in total. The summed E-state index contributed by atoms with van der Waals surface area (Å²) in [6, 6.07) is 7.46. The van der Waals surface area contributed by atoms with Gasteiger partial charge < -0.3 is 0 Å². The van der Waals surface area contributed by atoms with Crippen LogP contribution in [0, 0.1) is 17.6 Å². The van der Waals surface area contributed by atoms with Gasteiger partial charge in [0.2, 0.25) is 0 Å². The van der Waals surface area contributed by atoms with Crippen LogP contribution in [-0.2, 0) is 13.0 Å². The number of nitrogens with zero attached hydrogens (tertiary/aromatic N) is 3. The van der Waals surface area contributed by atoms with Gasteiger partial charge in [0.25, 0.3) is 0 Å². The molecule has 4 aliphatic rings. The molecule has 0 amide bonds. The molecule has 2 bridgehead atoms. The van der Waals surface area contributed by atoms with Crippen molar-refractivity contribution in [2.24, 2.45) is 5.92 Å². The fourth-order valence-electron chi connectivity index (χ4n) is 5.69. The highest BCUT2D eigenvalue weighted by Crippen LogP contribution is 2.47. The summed E-state index contributed by atoms with van der Waals surface area (Å²) in [5.74, 6) is -0.738. The number of fused-ring (bicyclic) bond motifs is 2. The molecule has 0 radical (unpaired) electrons. The minimum Gasteiger partial charge on any atom is -0.298 e. The average molecular weight is 372 g/mol. The predicted molar refractivity (Wildman–Crippen MR) is 99.3 cm³/mol. The maximum Gasteiger partial charge on any atom is 0.162 e. The Morgan fingerprint density at radius 3 is 2.74 bits per heavy atom. The van der Waals surface area contributed by atoms with Crippen molar-refractivity contribution in [3.63, 3.8) is 0 Å². The number of nitrogens with one attached hydrogen (secondary N) is 1. The van der Waals surface area contributed by atoms with E-state index < -0.39 is 11.6 Å². The second kappa shape index (κ2) is 6.67. The number of aryl methyl sites for hydroxylation is 1. The fraction of sp³-hybridized carbons (Fsp3) is 0.571. The van der Waals surface area contributed by atoms with Crippen molar-refractivity contribution in [3.05, 3.63) is 52.9 Å². The number of hydrogen-bond acceptors (Lipinski definition) is 3. The number of rotatable bonds is 4. The van der Waals surface area contributed by atoms with Crippen molar-refractivity contribution >= 4 is 0 Å². The lowest BCUT2D eigenvalue weighted by atomic mass is 9.75. The normalized spacial score (nSPS) is 32.8. The maximum absolute atomic E-state index is 14.6. The number of hydrogen-bond donors (Lipinski definition) is 1. The highest BCUT2D eigenvalue weighted by atomic mass is 19.2. The topological polar surface area (TPSA) is 35.2 Å². The van der Waals surface area contributed by atoms with Gasteiger partial charge in [0.15, 0.2) is 11.6 Å². The molecule has 0 unspecified atom stereocenters. The highest BCUT2D eigenvalue weighted by molar-refractivity contribution is 5.29. The summed E-state index contributed by atoms with van der Waals surface area (Å²) in [5.41, 5.74) is 2.73. The Morgan fingerprint density at radius 1 is 1.19 bits per heavy atom. The first-order valence-corrected chi connectivity index (χ1v) is 10.1. The molecular weight excluding hydrogens is 346 g/mol. The lowest BCUT2D eigenvalue weighted by molar-refractivity contribution is -0.00917. The van der Waals surface area contributed by atoms with Gasteiger partial charge in [-0.15, -0.1) is 0 Å². The second-order valence-electron chi connectivity index (χ2n) is 8.27. The highest BCUT2D eigenvalue weighted by Gasteiger charge is 2.53. The van der Waals surface area contributed by atoms with Gasteiger partial charge in [-0.2, -0.15) is 5.10 Å². The molecule has 144 valence electrons. The van der Waals surface area contributed by atoms with E-state index in [9.17, 15) is 8.78 Å². The van der Waals surface area contributed by atoms with Crippen molar-refractivity contribution in [3.8, 4) is 0 Å². The lowest BCUT2D eigenvalue weighted by Gasteiger charge is -2.51. The Hall–Kier alpha value is -1.79. The quantitative estimate of drug-likeness (QED) is 0.894. The predicted octanol–water partition coefficient (Wildman–Crippen LogP) is 3.31. The smallest absolute Gasteiger partial charge is 0.162 e. The maximum atomic E-state index is 14.6. The molecule has 3 atom stereocenters. The molecule has 4 saturated heterocycles. The Kier molecular flexibility index (Phi) is 4.28. The van der Waals surface area contributed by atoms with E-state index in [-0.39, 0.29) is 12.0 Å². The first-order valence-electron chi connectivity index (χ1n) is 10.1. The largest absolute Gasteiger partial charge is 0.298 e. The summed E-state index contributed by atoms with van der Waals surface area (Å²) < 4.78 is 28.5. The molecule has 1 N–H and O–H groups in total. The van der Waals surface area contributed by atoms with Crippen LogP contribution >= 0.6 is 0 Å². The molecule has 6 heteroatoms. The third-order valence-corrected chi connectivity index (χ3v) is 6.89. The first-order chi connectivity index (χ1) is 13.2. The van der Waals surface area contributed by atoms with Gasteiger partial charge >= 0.3 is 0 Å². The molecule has 4 aliphatic heterocycles. The van der Waals surface area contributed by atoms with Crippen LogP contribution in [0.4, 0.5) is 8.78 Å². The van der Waals surface area contributed by atoms with Crippen LogP contribution in [-0.4, -0.2) is 51.7 Å². The number of benzene rings is 1. The third-order valence-electron chi connectivity index (χ3n) is 6.89. The SMILES string of the molecule is CCc1cc(CN2C[C@@H](c3cccc(F)c3F)[C@@H]3[C@H]2C2CCN3CC2)[nH]n1. The van der Waals surface area contributed by atoms with E-state index in [2.05, 4.69) is 33.0 Å². The Labute approximate surface area is 158 Å². The summed E-state index contributed by atoms with van der Waals surface area (Å²) in [4.78, 5) is 5.01. The van der Waals surface area contributed by atoms with Crippen LogP contribution in [0.2, 0.25) is 0 Å². The van der Waals surface area contributed by atoms with Crippen LogP contribution in [0.3, 0.4) is 0 Å². The third kappa shape index (κ3) is 2.81. The zero-order valence-corrected chi connectivity index (χ0v) is 15.7. The Morgan fingerprint density at radius 2 is 2.00 bits per heavy atom. The van der Waals surface area contributed by atoms with E-state index in [0.717, 1.165) is 44.0 Å². The molecule has 27 heavy (non-hydrogen) atoms. The molecule has 4 fully saturated rings. The van der Waals surface area contributed by atoms with Gasteiger partial charge in [-0.3, -0.25) is 14.9 Å². The van der Waals surface area contributed by atoms with Crippen molar-refractivity contribution in [2.75, 3.05) is 19.6 Å². The van der Waals surface area contributed by atoms with E-state index in [4.69, 9.17) is 0 Å². The van der Waals surface area contributed by atoms with E-state index in [1.807, 2.05) is 0 Å². The van der Waals surface area contributed by atoms with Crippen LogP contribution in [0.15, 0.2) is 24.3 Å². The van der Waals surface area contributed by atoms with Gasteiger partial charge in [-0.25, -0.2) is 8.78 Å². The van der Waals surface area contributed by atoms with Crippen LogP contribution in [0.5, 0.6) is 0 Å². The minimum absolute atomic E-state index is 0.0161. The standard InChI is InChI=1S/C21H26F2N4/c1-2-14-10-15(25-24-14)11-27-12-17(16-4-3-5-18(22)19(16)23)21-20(27)13-6-8-26(21)9-7-13/h3-5,10,13,17,20-21H,2,6-9,11-12H2,1H3,(H,24,25)/t17-,20+,21+/m0/s1. The van der Waals surface area contributed by atoms with Gasteiger partial charge in [0.05, 0.1) is 5.69 Å². The molecule has 5 heterocycles. The molecule has 1 aromatic carbocycles. The van der Waals surface area contributed by atoms with Crippen molar-refractivity contribution in [1.29, 1.82) is 0 Å². The summed E-state index contributed by atoms with van der Waals surface area (Å²) in [5, 5.41) is 7.52. The van der Waals surface area contributed by atoms with Gasteiger partial charge in [0, 0.05) is 36.8 Å². The van der Waals surface area contributed by atoms with E-state index >= 15 is 0 Å². The zero-order chi connectivity index (χ0) is 18.5. The van der Waals surface area contributed by atoms with E-state index in [1.54, 1.807) is 12.1 Å². The van der Waals surface area contributed by atoms with E-state index in [1.165, 1.54) is 18.9 Å². The number of likely N-dealkylation sites (tertiary alicyclic amines) is 1. The van der Waals surface area contributed by atoms with Gasteiger partial charge in [0.1, 0.15) is 0 Å². The van der Waals surface area contributed by atoms with Crippen molar-refractivity contribution < 1.29 is 8.78 Å². The number of halogens is 2. The van der Waals surface area contributed by atoms with Crippen molar-refractivity contribution in [1.82, 2.24) is 20.0 Å². The monoisotopic (exact) mass is 372 g/mol.